The number of hydrogen-bond acceptors (Lipinski definition) is 19. The molecule has 1 aliphatic carbocycles. The van der Waals surface area contributed by atoms with Crippen LogP contribution in [0.5, 0.6) is 0 Å². The third-order valence-corrected chi connectivity index (χ3v) is 13.5. The lowest BCUT2D eigenvalue weighted by atomic mass is 9.83. The van der Waals surface area contributed by atoms with Crippen LogP contribution in [0, 0.1) is 5.92 Å². The van der Waals surface area contributed by atoms with Crippen LogP contribution >= 0.6 is 0 Å². The van der Waals surface area contributed by atoms with Crippen molar-refractivity contribution >= 4 is 24.0 Å². The second-order valence-electron chi connectivity index (χ2n) is 18.6. The van der Waals surface area contributed by atoms with E-state index in [-0.39, 0.29) is 45.4 Å². The minimum Gasteiger partial charge on any atom is -0.459 e. The molecule has 0 spiro atoms. The molecule has 1 saturated carbocycles. The van der Waals surface area contributed by atoms with E-state index in [0.29, 0.717) is 0 Å². The lowest BCUT2D eigenvalue weighted by Gasteiger charge is -2.47. The molecule has 0 radical (unpaired) electrons. The number of amides is 1. The van der Waals surface area contributed by atoms with Crippen LogP contribution in [0.25, 0.3) is 52.2 Å². The quantitative estimate of drug-likeness (QED) is 0.0350. The normalized spacial score (nSPS) is 31.8. The standard InChI is InChI=1S/C47H60N16O14/c1-7-34-41(76-45-37(57-62-52)24(2)38(69-26(4)64)36(74-45)21-53-58-48)43(71-28(6)66)46(72-34)77-42-39(70-27(5)65)32(55-60-50)20-33(56-61-51)40(42)75-44-31(54-59-49)18-19-35(73-44)25(3)63(22-29-14-10-8-11-15-29)47(67)68-23-30-16-12-9-13-17-30/h8-17,24-25,31-46H,7,18-23H2,1-6H3. The topological polar surface area (TPSA) is 408 Å². The SMILES string of the molecule is CCC1OC(OC2C(OC(C)=O)C(N=[N+]=[N-])CC(N=[N+]=[N-])C2OC2OC(C(C)N(Cc3ccccc3)C(=O)OCc3ccccc3)CCC2N=[N+]=[N-])C(OC(C)=O)C1OC1OC(CN=[N+]=[N-])C(OC(C)=O)C(C)C1N=[N+]=[N-]. The molecule has 4 fully saturated rings. The van der Waals surface area contributed by atoms with E-state index < -0.39 is 134 Å². The van der Waals surface area contributed by atoms with Crippen molar-refractivity contribution in [1.29, 1.82) is 0 Å². The van der Waals surface area contributed by atoms with E-state index in [0.717, 1.165) is 25.0 Å². The van der Waals surface area contributed by atoms with Crippen LogP contribution in [-0.4, -0.2) is 139 Å². The fraction of sp³-hybridized carbons (Fsp3) is 0.660. The van der Waals surface area contributed by atoms with Crippen molar-refractivity contribution in [3.63, 3.8) is 0 Å². The van der Waals surface area contributed by atoms with Gasteiger partial charge in [-0.15, -0.1) is 0 Å². The highest BCUT2D eigenvalue weighted by atomic mass is 16.8. The average molecular weight is 1070 g/mol. The molecule has 18 atom stereocenters. The maximum atomic E-state index is 14.0. The number of carbonyl (C=O) groups is 4. The molecule has 77 heavy (non-hydrogen) atoms. The summed E-state index contributed by atoms with van der Waals surface area (Å²) in [5.41, 5.74) is 50.0. The summed E-state index contributed by atoms with van der Waals surface area (Å²) in [6.07, 6.45) is -16.5. The average Bonchev–Trinajstić information content (AvgIpc) is 3.79. The van der Waals surface area contributed by atoms with Crippen molar-refractivity contribution in [3.05, 3.63) is 124 Å². The van der Waals surface area contributed by atoms with Crippen molar-refractivity contribution < 1.29 is 66.5 Å². The van der Waals surface area contributed by atoms with Gasteiger partial charge in [0.15, 0.2) is 25.0 Å². The molecule has 0 N–H and O–H groups in total. The van der Waals surface area contributed by atoms with Gasteiger partial charge in [0.25, 0.3) is 0 Å². The molecular weight excluding hydrogens is 1010 g/mol. The van der Waals surface area contributed by atoms with Gasteiger partial charge in [-0.1, -0.05) is 100 Å². The molecule has 0 aromatic heterocycles. The predicted molar refractivity (Wildman–Crippen MR) is 264 cm³/mol. The van der Waals surface area contributed by atoms with Gasteiger partial charge in [0.2, 0.25) is 0 Å². The van der Waals surface area contributed by atoms with E-state index in [4.69, 9.17) is 47.4 Å². The van der Waals surface area contributed by atoms with E-state index in [9.17, 15) is 46.8 Å². The van der Waals surface area contributed by atoms with Crippen LogP contribution in [0.15, 0.2) is 86.2 Å². The fourth-order valence-corrected chi connectivity index (χ4v) is 9.93. The Kier molecular flexibility index (Phi) is 21.7. The summed E-state index contributed by atoms with van der Waals surface area (Å²) < 4.78 is 62.3. The number of hydrogen-bond donors (Lipinski definition) is 0. The summed E-state index contributed by atoms with van der Waals surface area (Å²) in [5, 5.41) is 19.4. The maximum absolute atomic E-state index is 14.0. The molecule has 3 aliphatic heterocycles. The zero-order chi connectivity index (χ0) is 55.6. The molecule has 2 aromatic carbocycles. The molecule has 3 saturated heterocycles. The first-order chi connectivity index (χ1) is 37.1. The Morgan fingerprint density at radius 2 is 1.17 bits per heavy atom. The molecule has 30 heteroatoms. The Hall–Kier alpha value is -7.57. The largest absolute Gasteiger partial charge is 0.459 e. The van der Waals surface area contributed by atoms with E-state index in [1.54, 1.807) is 20.8 Å². The Morgan fingerprint density at radius 3 is 1.77 bits per heavy atom. The first-order valence-electron chi connectivity index (χ1n) is 24.8. The first kappa shape index (κ1) is 58.7. The van der Waals surface area contributed by atoms with Gasteiger partial charge in [-0.3, -0.25) is 19.3 Å². The Morgan fingerprint density at radius 1 is 0.623 bits per heavy atom. The minimum atomic E-state index is -1.66. The van der Waals surface area contributed by atoms with Crippen molar-refractivity contribution in [3.8, 4) is 0 Å². The molecule has 6 rings (SSSR count). The monoisotopic (exact) mass is 1070 g/mol. The van der Waals surface area contributed by atoms with Crippen LogP contribution < -0.4 is 0 Å². The summed E-state index contributed by atoms with van der Waals surface area (Å²) in [6, 6.07) is 12.8. The first-order valence-corrected chi connectivity index (χ1v) is 24.8. The van der Waals surface area contributed by atoms with Gasteiger partial charge in [-0.05, 0) is 71.4 Å². The summed E-state index contributed by atoms with van der Waals surface area (Å²) in [5.74, 6) is -3.19. The van der Waals surface area contributed by atoms with Gasteiger partial charge >= 0.3 is 24.0 Å². The van der Waals surface area contributed by atoms with E-state index >= 15 is 0 Å². The molecule has 2 aromatic rings. The van der Waals surface area contributed by atoms with Crippen LogP contribution in [-0.2, 0) is 74.9 Å². The lowest BCUT2D eigenvalue weighted by molar-refractivity contribution is -0.293. The highest BCUT2D eigenvalue weighted by Gasteiger charge is 2.57. The number of rotatable bonds is 22. The van der Waals surface area contributed by atoms with Crippen molar-refractivity contribution in [2.45, 2.75) is 184 Å². The van der Waals surface area contributed by atoms with Crippen LogP contribution in [0.3, 0.4) is 0 Å². The van der Waals surface area contributed by atoms with Crippen molar-refractivity contribution in [2.24, 2.45) is 31.5 Å². The van der Waals surface area contributed by atoms with Crippen LogP contribution in [0.4, 0.5) is 4.79 Å². The van der Waals surface area contributed by atoms with E-state index in [1.165, 1.54) is 11.8 Å². The minimum absolute atomic E-state index is 0.0196. The molecule has 0 bridgehead atoms. The molecule has 3 heterocycles. The fourth-order valence-electron chi connectivity index (χ4n) is 9.93. The van der Waals surface area contributed by atoms with Gasteiger partial charge in [-0.25, -0.2) is 4.79 Å². The Labute approximate surface area is 440 Å². The number of azide groups is 5. The molecule has 18 unspecified atom stereocenters. The molecule has 1 amide bonds. The summed E-state index contributed by atoms with van der Waals surface area (Å²) in [7, 11) is 0. The molecule has 30 nitrogen and oxygen atoms in total. The number of benzene rings is 2. The van der Waals surface area contributed by atoms with Crippen molar-refractivity contribution in [2.75, 3.05) is 6.54 Å². The van der Waals surface area contributed by atoms with Crippen LogP contribution in [0.1, 0.15) is 78.4 Å². The third kappa shape index (κ3) is 15.3. The third-order valence-electron chi connectivity index (χ3n) is 13.5. The highest BCUT2D eigenvalue weighted by molar-refractivity contribution is 5.68. The molecule has 412 valence electrons. The number of esters is 3. The summed E-state index contributed by atoms with van der Waals surface area (Å²) >= 11 is 0. The Bertz CT molecular complexity index is 2600. The number of carbonyl (C=O) groups excluding carboxylic acids is 4. The van der Waals surface area contributed by atoms with Gasteiger partial charge < -0.3 is 47.4 Å². The number of ether oxygens (including phenoxy) is 10. The van der Waals surface area contributed by atoms with E-state index in [2.05, 4.69) is 50.1 Å². The van der Waals surface area contributed by atoms with Gasteiger partial charge in [0.05, 0.1) is 55.1 Å². The maximum Gasteiger partial charge on any atom is 0.410 e. The van der Waals surface area contributed by atoms with Crippen LogP contribution in [0.2, 0.25) is 0 Å². The summed E-state index contributed by atoms with van der Waals surface area (Å²) in [4.78, 5) is 68.5. The van der Waals surface area contributed by atoms with Crippen molar-refractivity contribution in [1.82, 2.24) is 4.90 Å². The van der Waals surface area contributed by atoms with Gasteiger partial charge in [0, 0.05) is 57.8 Å². The van der Waals surface area contributed by atoms with E-state index in [1.807, 2.05) is 60.7 Å². The zero-order valence-corrected chi connectivity index (χ0v) is 43.0. The second-order valence-corrected chi connectivity index (χ2v) is 18.6. The van der Waals surface area contributed by atoms with Gasteiger partial charge in [0.1, 0.15) is 37.1 Å². The second kappa shape index (κ2) is 28.5. The zero-order valence-electron chi connectivity index (χ0n) is 43.0. The van der Waals surface area contributed by atoms with Gasteiger partial charge in [-0.2, -0.15) is 0 Å². The molecule has 4 aliphatic rings. The lowest BCUT2D eigenvalue weighted by Crippen LogP contribution is -2.62. The smallest absolute Gasteiger partial charge is 0.410 e. The predicted octanol–water partition coefficient (Wildman–Crippen LogP) is 8.60. The Balaban J connectivity index is 1.37. The summed E-state index contributed by atoms with van der Waals surface area (Å²) in [6.45, 7) is 8.21. The molecular formula is C47H60N16O14. The highest BCUT2D eigenvalue weighted by Crippen LogP contribution is 2.41. The number of nitrogens with zero attached hydrogens (tertiary/aromatic N) is 16.